The van der Waals surface area contributed by atoms with Crippen molar-refractivity contribution in [3.8, 4) is 17.0 Å². The maximum Gasteiger partial charge on any atom is 0.255 e. The summed E-state index contributed by atoms with van der Waals surface area (Å²) in [7, 11) is 0. The van der Waals surface area contributed by atoms with Gasteiger partial charge in [0.05, 0.1) is 17.7 Å². The first kappa shape index (κ1) is 24.2. The predicted molar refractivity (Wildman–Crippen MR) is 131 cm³/mol. The molecule has 1 atom stereocenters. The van der Waals surface area contributed by atoms with E-state index in [0.717, 1.165) is 12.8 Å². The van der Waals surface area contributed by atoms with Gasteiger partial charge in [-0.15, -0.1) is 0 Å². The number of rotatable bonds is 7. The highest BCUT2D eigenvalue weighted by Crippen LogP contribution is 2.36. The molecule has 1 saturated heterocycles. The van der Waals surface area contributed by atoms with Gasteiger partial charge in [0.25, 0.3) is 11.8 Å². The van der Waals surface area contributed by atoms with Gasteiger partial charge in [0.1, 0.15) is 35.2 Å². The van der Waals surface area contributed by atoms with Crippen molar-refractivity contribution in [2.45, 2.75) is 51.7 Å². The van der Waals surface area contributed by atoms with Crippen LogP contribution in [0.4, 0.5) is 4.39 Å². The van der Waals surface area contributed by atoms with Crippen molar-refractivity contribution >= 4 is 22.8 Å². The summed E-state index contributed by atoms with van der Waals surface area (Å²) >= 11 is 0. The van der Waals surface area contributed by atoms with E-state index in [9.17, 15) is 19.1 Å². The van der Waals surface area contributed by atoms with Crippen LogP contribution in [0, 0.1) is 18.7 Å². The van der Waals surface area contributed by atoms with E-state index in [0.29, 0.717) is 77.8 Å². The maximum atomic E-state index is 14.2. The van der Waals surface area contributed by atoms with E-state index in [2.05, 4.69) is 20.3 Å². The fourth-order valence-electron chi connectivity index (χ4n) is 4.67. The Morgan fingerprint density at radius 2 is 2.00 bits per heavy atom. The van der Waals surface area contributed by atoms with E-state index in [1.165, 1.54) is 25.4 Å². The third-order valence-electron chi connectivity index (χ3n) is 6.87. The standard InChI is InChI=1S/C26H30FN5O4/c1-14-21(25(34)31-18-7-9-32(10-8-18)26(35)15(2)33)23-24(30-14)22(28-13-29-23)19-11-17(27)5-6-20(19)36-12-16-3-4-16/h5-6,11,13,15-16,18,30,33H,3-4,7-10,12H2,1-2H3,(H,31,34)/t15-/m0/s1. The van der Waals surface area contributed by atoms with Gasteiger partial charge in [-0.3, -0.25) is 9.59 Å². The molecule has 2 aromatic heterocycles. The summed E-state index contributed by atoms with van der Waals surface area (Å²) in [6.07, 6.45) is 3.80. The SMILES string of the molecule is Cc1[nH]c2c(-c3cc(F)ccc3OCC3CC3)ncnc2c1C(=O)NC1CCN(C(=O)[C@H](C)O)CC1. The molecule has 3 N–H and O–H groups in total. The highest BCUT2D eigenvalue weighted by atomic mass is 19.1. The molecule has 1 aromatic carbocycles. The van der Waals surface area contributed by atoms with Gasteiger partial charge in [-0.2, -0.15) is 0 Å². The van der Waals surface area contributed by atoms with E-state index in [4.69, 9.17) is 4.74 Å². The van der Waals surface area contributed by atoms with Crippen LogP contribution in [-0.4, -0.2) is 68.6 Å². The fourth-order valence-corrected chi connectivity index (χ4v) is 4.67. The van der Waals surface area contributed by atoms with Crippen LogP contribution in [0.5, 0.6) is 5.75 Å². The van der Waals surface area contributed by atoms with Crippen molar-refractivity contribution in [2.75, 3.05) is 19.7 Å². The highest BCUT2D eigenvalue weighted by Gasteiger charge is 2.28. The molecule has 0 spiro atoms. The van der Waals surface area contributed by atoms with Crippen LogP contribution in [0.1, 0.15) is 48.7 Å². The van der Waals surface area contributed by atoms with Gasteiger partial charge in [-0.25, -0.2) is 14.4 Å². The first-order chi connectivity index (χ1) is 17.3. The van der Waals surface area contributed by atoms with Crippen molar-refractivity contribution < 1.29 is 23.8 Å². The summed E-state index contributed by atoms with van der Waals surface area (Å²) in [6.45, 7) is 4.76. The lowest BCUT2D eigenvalue weighted by Gasteiger charge is -2.33. The molecule has 3 aromatic rings. The van der Waals surface area contributed by atoms with Crippen LogP contribution in [0.25, 0.3) is 22.3 Å². The molecular weight excluding hydrogens is 465 g/mol. The van der Waals surface area contributed by atoms with E-state index in [1.807, 2.05) is 0 Å². The molecule has 190 valence electrons. The van der Waals surface area contributed by atoms with Gasteiger partial charge in [0.15, 0.2) is 0 Å². The molecule has 9 nitrogen and oxygen atoms in total. The van der Waals surface area contributed by atoms with E-state index in [-0.39, 0.29) is 17.9 Å². The number of hydrogen-bond donors (Lipinski definition) is 3. The number of ether oxygens (including phenoxy) is 1. The van der Waals surface area contributed by atoms with Crippen LogP contribution in [0.2, 0.25) is 0 Å². The van der Waals surface area contributed by atoms with Gasteiger partial charge in [0.2, 0.25) is 0 Å². The minimum absolute atomic E-state index is 0.105. The second-order valence-corrected chi connectivity index (χ2v) is 9.71. The summed E-state index contributed by atoms with van der Waals surface area (Å²) in [6, 6.07) is 4.26. The number of halogens is 1. The lowest BCUT2D eigenvalue weighted by Crippen LogP contribution is -2.48. The van der Waals surface area contributed by atoms with Crippen LogP contribution < -0.4 is 10.1 Å². The van der Waals surface area contributed by atoms with Gasteiger partial charge in [0, 0.05) is 30.4 Å². The molecule has 0 bridgehead atoms. The lowest BCUT2D eigenvalue weighted by atomic mass is 10.0. The van der Waals surface area contributed by atoms with Gasteiger partial charge in [-0.05, 0) is 63.6 Å². The number of aromatic amines is 1. The Balaban J connectivity index is 1.39. The third-order valence-corrected chi connectivity index (χ3v) is 6.87. The van der Waals surface area contributed by atoms with Gasteiger partial charge < -0.3 is 25.0 Å². The number of aromatic nitrogens is 3. The van der Waals surface area contributed by atoms with Crippen LogP contribution in [0.15, 0.2) is 24.5 Å². The van der Waals surface area contributed by atoms with Gasteiger partial charge >= 0.3 is 0 Å². The summed E-state index contributed by atoms with van der Waals surface area (Å²) in [5, 5.41) is 12.6. The molecule has 1 aliphatic carbocycles. The van der Waals surface area contributed by atoms with Crippen LogP contribution >= 0.6 is 0 Å². The Morgan fingerprint density at radius 3 is 2.69 bits per heavy atom. The van der Waals surface area contributed by atoms with Crippen molar-refractivity contribution in [1.29, 1.82) is 0 Å². The van der Waals surface area contributed by atoms with Crippen molar-refractivity contribution in [2.24, 2.45) is 5.92 Å². The second kappa shape index (κ2) is 9.85. The number of piperidine rings is 1. The Kier molecular flexibility index (Phi) is 6.61. The number of likely N-dealkylation sites (tertiary alicyclic amines) is 1. The Bertz CT molecular complexity index is 1290. The molecule has 0 radical (unpaired) electrons. The molecule has 10 heteroatoms. The zero-order valence-electron chi connectivity index (χ0n) is 20.4. The minimum atomic E-state index is -1.03. The van der Waals surface area contributed by atoms with Crippen molar-refractivity contribution in [1.82, 2.24) is 25.2 Å². The number of nitrogens with zero attached hydrogens (tertiary/aromatic N) is 3. The number of aliphatic hydroxyl groups is 1. The van der Waals surface area contributed by atoms with E-state index < -0.39 is 11.9 Å². The maximum absolute atomic E-state index is 14.2. The molecule has 0 unspecified atom stereocenters. The van der Waals surface area contributed by atoms with Crippen LogP contribution in [-0.2, 0) is 4.79 Å². The number of aliphatic hydroxyl groups excluding tert-OH is 1. The van der Waals surface area contributed by atoms with Gasteiger partial charge in [-0.1, -0.05) is 0 Å². The zero-order valence-corrected chi connectivity index (χ0v) is 20.4. The summed E-state index contributed by atoms with van der Waals surface area (Å²) < 4.78 is 20.2. The normalized spacial score (nSPS) is 17.3. The average Bonchev–Trinajstić information content (AvgIpc) is 3.62. The number of carbonyl (C=O) groups excluding carboxylic acids is 2. The highest BCUT2D eigenvalue weighted by molar-refractivity contribution is 6.09. The smallest absolute Gasteiger partial charge is 0.255 e. The first-order valence-corrected chi connectivity index (χ1v) is 12.4. The molecule has 36 heavy (non-hydrogen) atoms. The zero-order chi connectivity index (χ0) is 25.4. The van der Waals surface area contributed by atoms with E-state index >= 15 is 0 Å². The number of amides is 2. The number of hydrogen-bond acceptors (Lipinski definition) is 6. The summed E-state index contributed by atoms with van der Waals surface area (Å²) in [4.78, 5) is 38.9. The Hall–Kier alpha value is -3.53. The summed E-state index contributed by atoms with van der Waals surface area (Å²) in [5.41, 5.74) is 3.01. The average molecular weight is 496 g/mol. The topological polar surface area (TPSA) is 120 Å². The first-order valence-electron chi connectivity index (χ1n) is 12.4. The number of nitrogens with one attached hydrogen (secondary N) is 2. The fraction of sp³-hybridized carbons (Fsp3) is 0.462. The van der Waals surface area contributed by atoms with E-state index in [1.54, 1.807) is 17.9 Å². The number of H-pyrrole nitrogens is 1. The molecule has 1 aliphatic heterocycles. The Morgan fingerprint density at radius 1 is 1.25 bits per heavy atom. The minimum Gasteiger partial charge on any atom is -0.493 e. The molecular formula is C26H30FN5O4. The molecule has 2 amide bonds. The summed E-state index contributed by atoms with van der Waals surface area (Å²) in [5.74, 6) is 0.105. The molecule has 1 saturated carbocycles. The third kappa shape index (κ3) is 4.90. The van der Waals surface area contributed by atoms with Crippen molar-refractivity contribution in [3.05, 3.63) is 41.6 Å². The van der Waals surface area contributed by atoms with Crippen LogP contribution in [0.3, 0.4) is 0 Å². The molecule has 2 aliphatic rings. The molecule has 3 heterocycles. The quantitative estimate of drug-likeness (QED) is 0.464. The number of fused-ring (bicyclic) bond motifs is 1. The van der Waals surface area contributed by atoms with Crippen molar-refractivity contribution in [3.63, 3.8) is 0 Å². The largest absolute Gasteiger partial charge is 0.493 e. The predicted octanol–water partition coefficient (Wildman–Crippen LogP) is 2.96. The number of carbonyl (C=O) groups is 2. The lowest BCUT2D eigenvalue weighted by molar-refractivity contribution is -0.140. The molecule has 5 rings (SSSR count). The molecule has 2 fully saturated rings. The number of benzene rings is 1. The number of aryl methyl sites for hydroxylation is 1. The Labute approximate surface area is 208 Å². The second-order valence-electron chi connectivity index (χ2n) is 9.71. The monoisotopic (exact) mass is 495 g/mol.